The summed E-state index contributed by atoms with van der Waals surface area (Å²) in [4.78, 5) is 22.7. The molecular weight excluding hydrogens is 252 g/mol. The van der Waals surface area contributed by atoms with Gasteiger partial charge in [-0.3, -0.25) is 9.59 Å². The predicted octanol–water partition coefficient (Wildman–Crippen LogP) is 1.20. The van der Waals surface area contributed by atoms with Gasteiger partial charge in [0.1, 0.15) is 5.78 Å². The molecule has 0 amide bonds. The Labute approximate surface area is 109 Å². The fraction of sp³-hybridized carbons (Fsp3) is 0.667. The van der Waals surface area contributed by atoms with Crippen LogP contribution in [0.25, 0.3) is 0 Å². The van der Waals surface area contributed by atoms with Crippen molar-refractivity contribution in [3.8, 4) is 12.3 Å². The summed E-state index contributed by atoms with van der Waals surface area (Å²) in [5.41, 5.74) is 0. The Morgan fingerprint density at radius 1 is 1.06 bits per heavy atom. The number of ketones is 2. The molecule has 0 unspecified atom stereocenters. The summed E-state index contributed by atoms with van der Waals surface area (Å²) in [5.74, 6) is 1.07. The van der Waals surface area contributed by atoms with Crippen LogP contribution in [0.5, 0.6) is 0 Å². The minimum atomic E-state index is -3.01. The molecule has 0 saturated carbocycles. The maximum absolute atomic E-state index is 11.7. The van der Waals surface area contributed by atoms with Gasteiger partial charge in [0, 0.05) is 19.8 Å². The van der Waals surface area contributed by atoms with Gasteiger partial charge in [-0.2, -0.15) is 0 Å². The molecule has 0 rings (SSSR count). The lowest BCUT2D eigenvalue weighted by atomic mass is 10.2. The molecule has 0 spiro atoms. The zero-order valence-corrected chi connectivity index (χ0v) is 12.2. The van der Waals surface area contributed by atoms with E-state index in [0.29, 0.717) is 19.8 Å². The van der Waals surface area contributed by atoms with Gasteiger partial charge in [0.25, 0.3) is 0 Å². The molecule has 6 heteroatoms. The number of carbonyl (C=O) groups excluding carboxylic acids is 2. The highest BCUT2D eigenvalue weighted by molar-refractivity contribution is 6.64. The molecule has 5 nitrogen and oxygen atoms in total. The quantitative estimate of drug-likeness (QED) is 0.259. The van der Waals surface area contributed by atoms with E-state index in [1.165, 1.54) is 0 Å². The van der Waals surface area contributed by atoms with Crippen LogP contribution < -0.4 is 0 Å². The molecule has 102 valence electrons. The fourth-order valence-electron chi connectivity index (χ4n) is 1.47. The second kappa shape index (κ2) is 9.00. The van der Waals surface area contributed by atoms with Gasteiger partial charge in [-0.1, -0.05) is 0 Å². The molecule has 0 radical (unpaired) electrons. The molecule has 0 N–H and O–H groups in total. The van der Waals surface area contributed by atoms with Gasteiger partial charge in [-0.05, 0) is 26.7 Å². The minimum absolute atomic E-state index is 0.0179. The molecule has 0 aliphatic heterocycles. The summed E-state index contributed by atoms with van der Waals surface area (Å²) in [6, 6.07) is -0.0179. The predicted molar refractivity (Wildman–Crippen MR) is 68.9 cm³/mol. The zero-order valence-electron chi connectivity index (χ0n) is 11.2. The van der Waals surface area contributed by atoms with E-state index in [9.17, 15) is 9.59 Å². The van der Waals surface area contributed by atoms with Crippen LogP contribution in [0.1, 0.15) is 27.2 Å². The van der Waals surface area contributed by atoms with Crippen molar-refractivity contribution in [3.63, 3.8) is 0 Å². The van der Waals surface area contributed by atoms with Crippen LogP contribution in [0.2, 0.25) is 6.04 Å². The summed E-state index contributed by atoms with van der Waals surface area (Å²) in [6.07, 6.45) is 4.63. The van der Waals surface area contributed by atoms with Gasteiger partial charge in [-0.15, -0.1) is 6.42 Å². The molecule has 0 aromatic rings. The third-order valence-electron chi connectivity index (χ3n) is 2.03. The zero-order chi connectivity index (χ0) is 14.0. The normalized spacial score (nSPS) is 11.0. The monoisotopic (exact) mass is 272 g/mol. The standard InChI is InChI=1S/C12H20O5Si/c1-5-11(13)9-12(14)10-18(15-6-2,16-7-3)17-8-4/h1H,6-10H2,2-4H3. The van der Waals surface area contributed by atoms with Crippen molar-refractivity contribution in [1.29, 1.82) is 0 Å². The third-order valence-corrected chi connectivity index (χ3v) is 5.04. The van der Waals surface area contributed by atoms with E-state index in [-0.39, 0.29) is 18.2 Å². The Bertz CT molecular complexity index is 304. The van der Waals surface area contributed by atoms with Crippen molar-refractivity contribution in [2.45, 2.75) is 33.2 Å². The molecule has 0 heterocycles. The molecule has 18 heavy (non-hydrogen) atoms. The first-order valence-electron chi connectivity index (χ1n) is 5.96. The van der Waals surface area contributed by atoms with Crippen molar-refractivity contribution in [1.82, 2.24) is 0 Å². The maximum Gasteiger partial charge on any atom is 0.508 e. The smallest absolute Gasteiger partial charge is 0.373 e. The summed E-state index contributed by atoms with van der Waals surface area (Å²) < 4.78 is 16.5. The topological polar surface area (TPSA) is 61.8 Å². The van der Waals surface area contributed by atoms with Crippen molar-refractivity contribution in [2.75, 3.05) is 19.8 Å². The van der Waals surface area contributed by atoms with E-state index in [2.05, 4.69) is 0 Å². The van der Waals surface area contributed by atoms with Gasteiger partial charge < -0.3 is 13.3 Å². The van der Waals surface area contributed by atoms with E-state index in [4.69, 9.17) is 19.7 Å². The van der Waals surface area contributed by atoms with E-state index in [0.717, 1.165) is 0 Å². The molecule has 0 saturated heterocycles. The second-order valence-electron chi connectivity index (χ2n) is 3.44. The summed E-state index contributed by atoms with van der Waals surface area (Å²) in [7, 11) is -3.01. The first-order chi connectivity index (χ1) is 8.53. The molecule has 0 aliphatic rings. The summed E-state index contributed by atoms with van der Waals surface area (Å²) >= 11 is 0. The summed E-state index contributed by atoms with van der Waals surface area (Å²) in [6.45, 7) is 6.58. The first-order valence-corrected chi connectivity index (χ1v) is 7.89. The highest BCUT2D eigenvalue weighted by atomic mass is 28.4. The third kappa shape index (κ3) is 6.07. The lowest BCUT2D eigenvalue weighted by Crippen LogP contribution is -2.47. The molecular formula is C12H20O5Si. The Balaban J connectivity index is 4.69. The van der Waals surface area contributed by atoms with Crippen LogP contribution in [0.4, 0.5) is 0 Å². The van der Waals surface area contributed by atoms with E-state index < -0.39 is 14.6 Å². The Morgan fingerprint density at radius 3 is 1.83 bits per heavy atom. The van der Waals surface area contributed by atoms with Crippen LogP contribution in [0.15, 0.2) is 0 Å². The van der Waals surface area contributed by atoms with Crippen LogP contribution in [0, 0.1) is 12.3 Å². The van der Waals surface area contributed by atoms with Crippen LogP contribution in [-0.2, 0) is 22.9 Å². The number of rotatable bonds is 10. The summed E-state index contributed by atoms with van der Waals surface area (Å²) in [5, 5.41) is 0. The van der Waals surface area contributed by atoms with Gasteiger partial charge in [0.2, 0.25) is 5.78 Å². The molecule has 0 aliphatic carbocycles. The Morgan fingerprint density at radius 2 is 1.50 bits per heavy atom. The molecule has 0 fully saturated rings. The van der Waals surface area contributed by atoms with Gasteiger partial charge in [-0.25, -0.2) is 0 Å². The van der Waals surface area contributed by atoms with Crippen molar-refractivity contribution >= 4 is 20.4 Å². The second-order valence-corrected chi connectivity index (χ2v) is 6.03. The van der Waals surface area contributed by atoms with Gasteiger partial charge in [0.15, 0.2) is 0 Å². The maximum atomic E-state index is 11.7. The van der Waals surface area contributed by atoms with Crippen molar-refractivity contribution in [2.24, 2.45) is 0 Å². The Kier molecular flexibility index (Phi) is 8.50. The number of Topliss-reactive ketones (excluding diaryl/α,β-unsaturated/α-hetero) is 2. The average Bonchev–Trinajstić information content (AvgIpc) is 2.29. The van der Waals surface area contributed by atoms with Gasteiger partial charge in [0.05, 0.1) is 12.5 Å². The Hall–Kier alpha value is -1.00. The lowest BCUT2D eigenvalue weighted by Gasteiger charge is -2.27. The van der Waals surface area contributed by atoms with E-state index >= 15 is 0 Å². The number of hydrogen-bond acceptors (Lipinski definition) is 5. The van der Waals surface area contributed by atoms with E-state index in [1.54, 1.807) is 20.8 Å². The highest BCUT2D eigenvalue weighted by Crippen LogP contribution is 2.17. The first kappa shape index (κ1) is 17.0. The number of carbonyl (C=O) groups is 2. The number of hydrogen-bond donors (Lipinski definition) is 0. The molecule has 0 atom stereocenters. The SMILES string of the molecule is C#CC(=O)CC(=O)C[Si](OCC)(OCC)OCC. The van der Waals surface area contributed by atoms with Crippen molar-refractivity contribution < 1.29 is 22.9 Å². The highest BCUT2D eigenvalue weighted by Gasteiger charge is 2.42. The molecule has 0 bridgehead atoms. The van der Waals surface area contributed by atoms with Crippen molar-refractivity contribution in [3.05, 3.63) is 0 Å². The van der Waals surface area contributed by atoms with Crippen LogP contribution in [-0.4, -0.2) is 40.2 Å². The lowest BCUT2D eigenvalue weighted by molar-refractivity contribution is -0.123. The van der Waals surface area contributed by atoms with E-state index in [1.807, 2.05) is 5.92 Å². The minimum Gasteiger partial charge on any atom is -0.373 e. The number of terminal acetylenes is 1. The average molecular weight is 272 g/mol. The van der Waals surface area contributed by atoms with Crippen LogP contribution >= 0.6 is 0 Å². The largest absolute Gasteiger partial charge is 0.508 e. The van der Waals surface area contributed by atoms with Gasteiger partial charge >= 0.3 is 8.80 Å². The molecule has 0 aromatic carbocycles. The fourth-order valence-corrected chi connectivity index (χ4v) is 3.96. The van der Waals surface area contributed by atoms with Crippen LogP contribution in [0.3, 0.4) is 0 Å². The molecule has 0 aromatic heterocycles.